The Morgan fingerprint density at radius 2 is 2.10 bits per heavy atom. The molecule has 3 rings (SSSR count). The molecule has 0 bridgehead atoms. The molecule has 2 fully saturated rings. The maximum absolute atomic E-state index is 11.9. The highest BCUT2D eigenvalue weighted by molar-refractivity contribution is 5.94. The molecule has 2 aliphatic rings. The van der Waals surface area contributed by atoms with Gasteiger partial charge in [-0.1, -0.05) is 0 Å². The van der Waals surface area contributed by atoms with Gasteiger partial charge in [-0.25, -0.2) is 0 Å². The number of nitrogens with one attached hydrogen (secondary N) is 2. The molecule has 0 atom stereocenters. The van der Waals surface area contributed by atoms with Crippen LogP contribution in [0.5, 0.6) is 0 Å². The summed E-state index contributed by atoms with van der Waals surface area (Å²) in [5.41, 5.74) is 1.62. The van der Waals surface area contributed by atoms with E-state index in [1.165, 1.54) is 6.92 Å². The van der Waals surface area contributed by atoms with Crippen LogP contribution in [0.4, 0.5) is 0 Å². The van der Waals surface area contributed by atoms with Crippen LogP contribution in [0.1, 0.15) is 43.9 Å². The summed E-state index contributed by atoms with van der Waals surface area (Å²) in [7, 11) is 0. The highest BCUT2D eigenvalue weighted by atomic mass is 16.2. The summed E-state index contributed by atoms with van der Waals surface area (Å²) in [5.74, 6) is 1.02. The summed E-state index contributed by atoms with van der Waals surface area (Å²) >= 11 is 0. The second-order valence-electron chi connectivity index (χ2n) is 5.60. The monoisotopic (exact) mass is 272 g/mol. The Morgan fingerprint density at radius 1 is 1.35 bits per heavy atom. The SMILES string of the molecule is CC(=O)NCc1ccnc(C2(NC(=O)[C]3CC3)CC2)c1. The number of hydrogen-bond acceptors (Lipinski definition) is 3. The highest BCUT2D eigenvalue weighted by Crippen LogP contribution is 2.46. The largest absolute Gasteiger partial charge is 0.352 e. The summed E-state index contributed by atoms with van der Waals surface area (Å²) < 4.78 is 0. The minimum atomic E-state index is -0.279. The van der Waals surface area contributed by atoms with Gasteiger partial charge in [-0.05, 0) is 43.4 Å². The molecule has 1 heterocycles. The van der Waals surface area contributed by atoms with Gasteiger partial charge in [-0.2, -0.15) is 0 Å². The number of hydrogen-bond donors (Lipinski definition) is 2. The number of aromatic nitrogens is 1. The molecule has 105 valence electrons. The third kappa shape index (κ3) is 2.81. The molecular formula is C15H18N3O2. The molecule has 0 unspecified atom stereocenters. The molecule has 1 radical (unpaired) electrons. The molecule has 0 spiro atoms. The molecule has 0 aliphatic heterocycles. The number of carbonyl (C=O) groups excluding carboxylic acids is 2. The van der Waals surface area contributed by atoms with Crippen LogP contribution in [0.2, 0.25) is 0 Å². The summed E-state index contributed by atoms with van der Waals surface area (Å²) in [4.78, 5) is 27.3. The summed E-state index contributed by atoms with van der Waals surface area (Å²) in [6.45, 7) is 1.99. The van der Waals surface area contributed by atoms with Gasteiger partial charge in [0.15, 0.2) is 0 Å². The van der Waals surface area contributed by atoms with Crippen molar-refractivity contribution in [3.63, 3.8) is 0 Å². The Balaban J connectivity index is 1.70. The van der Waals surface area contributed by atoms with Crippen LogP contribution >= 0.6 is 0 Å². The van der Waals surface area contributed by atoms with Crippen molar-refractivity contribution in [1.29, 1.82) is 0 Å². The number of rotatable bonds is 5. The molecule has 0 saturated heterocycles. The number of amides is 2. The molecular weight excluding hydrogens is 254 g/mol. The van der Waals surface area contributed by atoms with Crippen LogP contribution in [0.25, 0.3) is 0 Å². The van der Waals surface area contributed by atoms with Crippen molar-refractivity contribution >= 4 is 11.8 Å². The first-order chi connectivity index (χ1) is 9.59. The minimum Gasteiger partial charge on any atom is -0.352 e. The Morgan fingerprint density at radius 3 is 2.70 bits per heavy atom. The lowest BCUT2D eigenvalue weighted by Gasteiger charge is -2.17. The van der Waals surface area contributed by atoms with Gasteiger partial charge < -0.3 is 10.6 Å². The number of carbonyl (C=O) groups is 2. The maximum Gasteiger partial charge on any atom is 0.228 e. The molecule has 2 aliphatic carbocycles. The van der Waals surface area contributed by atoms with Crippen LogP contribution < -0.4 is 10.6 Å². The summed E-state index contributed by atoms with van der Waals surface area (Å²) in [6, 6.07) is 3.85. The normalized spacial score (nSPS) is 19.2. The van der Waals surface area contributed by atoms with Crippen LogP contribution in [-0.4, -0.2) is 16.8 Å². The fourth-order valence-electron chi connectivity index (χ4n) is 2.24. The van der Waals surface area contributed by atoms with Crippen molar-refractivity contribution in [2.24, 2.45) is 0 Å². The van der Waals surface area contributed by atoms with Crippen molar-refractivity contribution in [2.75, 3.05) is 0 Å². The lowest BCUT2D eigenvalue weighted by molar-refractivity contribution is -0.120. The lowest BCUT2D eigenvalue weighted by atomic mass is 10.1. The Kier molecular flexibility index (Phi) is 3.20. The third-order valence-corrected chi connectivity index (χ3v) is 3.78. The van der Waals surface area contributed by atoms with Gasteiger partial charge in [0.25, 0.3) is 0 Å². The second kappa shape index (κ2) is 4.89. The summed E-state index contributed by atoms with van der Waals surface area (Å²) in [6.07, 6.45) is 5.46. The molecule has 5 nitrogen and oxygen atoms in total. The van der Waals surface area contributed by atoms with E-state index >= 15 is 0 Å². The summed E-state index contributed by atoms with van der Waals surface area (Å²) in [5, 5.41) is 5.88. The van der Waals surface area contributed by atoms with E-state index in [1.807, 2.05) is 12.1 Å². The predicted octanol–water partition coefficient (Wildman–Crippen LogP) is 1.19. The fraction of sp³-hybridized carbons (Fsp3) is 0.467. The standard InChI is InChI=1S/C15H18N3O2/c1-10(19)17-9-11-4-7-16-13(8-11)15(5-6-15)18-14(20)12-2-3-12/h4,7-8H,2-3,5-6,9H2,1H3,(H,17,19)(H,18,20). The second-order valence-corrected chi connectivity index (χ2v) is 5.60. The van der Waals surface area contributed by atoms with E-state index in [9.17, 15) is 9.59 Å². The van der Waals surface area contributed by atoms with E-state index in [2.05, 4.69) is 15.6 Å². The lowest BCUT2D eigenvalue weighted by Crippen LogP contribution is -2.36. The Labute approximate surface area is 118 Å². The Bertz CT molecular complexity index is 548. The zero-order valence-electron chi connectivity index (χ0n) is 11.5. The first-order valence-corrected chi connectivity index (χ1v) is 6.96. The zero-order chi connectivity index (χ0) is 14.2. The van der Waals surface area contributed by atoms with E-state index in [4.69, 9.17) is 0 Å². The molecule has 2 N–H and O–H groups in total. The fourth-order valence-corrected chi connectivity index (χ4v) is 2.24. The van der Waals surface area contributed by atoms with Crippen molar-refractivity contribution in [3.8, 4) is 0 Å². The quantitative estimate of drug-likeness (QED) is 0.846. The topological polar surface area (TPSA) is 71.1 Å². The molecule has 2 saturated carbocycles. The first-order valence-electron chi connectivity index (χ1n) is 6.96. The van der Waals surface area contributed by atoms with Crippen LogP contribution in [0.15, 0.2) is 18.3 Å². The van der Waals surface area contributed by atoms with Gasteiger partial charge in [0, 0.05) is 19.7 Å². The van der Waals surface area contributed by atoms with Crippen LogP contribution in [0, 0.1) is 5.92 Å². The van der Waals surface area contributed by atoms with Gasteiger partial charge in [0.05, 0.1) is 17.2 Å². The molecule has 5 heteroatoms. The van der Waals surface area contributed by atoms with Crippen LogP contribution in [0.3, 0.4) is 0 Å². The van der Waals surface area contributed by atoms with E-state index in [0.717, 1.165) is 42.9 Å². The first kappa shape index (κ1) is 13.1. The average Bonchev–Trinajstić information content (AvgIpc) is 3.29. The van der Waals surface area contributed by atoms with Gasteiger partial charge in [-0.3, -0.25) is 14.6 Å². The average molecular weight is 272 g/mol. The van der Waals surface area contributed by atoms with E-state index < -0.39 is 0 Å². The van der Waals surface area contributed by atoms with Crippen molar-refractivity contribution in [3.05, 3.63) is 35.5 Å². The number of pyridine rings is 1. The van der Waals surface area contributed by atoms with Gasteiger partial charge >= 0.3 is 0 Å². The molecule has 2 amide bonds. The smallest absolute Gasteiger partial charge is 0.228 e. The van der Waals surface area contributed by atoms with E-state index in [1.54, 1.807) is 6.20 Å². The van der Waals surface area contributed by atoms with Crippen LogP contribution in [-0.2, 0) is 21.7 Å². The highest BCUT2D eigenvalue weighted by Gasteiger charge is 2.49. The third-order valence-electron chi connectivity index (χ3n) is 3.78. The van der Waals surface area contributed by atoms with E-state index in [0.29, 0.717) is 6.54 Å². The van der Waals surface area contributed by atoms with Crippen molar-refractivity contribution < 1.29 is 9.59 Å². The van der Waals surface area contributed by atoms with E-state index in [-0.39, 0.29) is 17.4 Å². The van der Waals surface area contributed by atoms with Gasteiger partial charge in [-0.15, -0.1) is 0 Å². The maximum atomic E-state index is 11.9. The molecule has 20 heavy (non-hydrogen) atoms. The Hall–Kier alpha value is -1.91. The predicted molar refractivity (Wildman–Crippen MR) is 73.3 cm³/mol. The van der Waals surface area contributed by atoms with Gasteiger partial charge in [0.1, 0.15) is 0 Å². The number of nitrogens with zero attached hydrogens (tertiary/aromatic N) is 1. The zero-order valence-corrected chi connectivity index (χ0v) is 11.5. The van der Waals surface area contributed by atoms with Crippen molar-refractivity contribution in [2.45, 2.75) is 44.7 Å². The molecule has 1 aromatic heterocycles. The molecule has 1 aromatic rings. The molecule has 0 aromatic carbocycles. The minimum absolute atomic E-state index is 0.0528. The van der Waals surface area contributed by atoms with Crippen molar-refractivity contribution in [1.82, 2.24) is 15.6 Å². The van der Waals surface area contributed by atoms with Gasteiger partial charge in [0.2, 0.25) is 11.8 Å².